The summed E-state index contributed by atoms with van der Waals surface area (Å²) in [5, 5.41) is 0. The third-order valence-corrected chi connectivity index (χ3v) is 5.81. The van der Waals surface area contributed by atoms with Gasteiger partial charge in [-0.05, 0) is 52.9 Å². The Morgan fingerprint density at radius 1 is 1.47 bits per heavy atom. The van der Waals surface area contributed by atoms with E-state index in [9.17, 15) is 8.42 Å². The quantitative estimate of drug-likeness (QED) is 0.658. The Labute approximate surface area is 122 Å². The smallest absolute Gasteiger partial charge is 0.245 e. The van der Waals surface area contributed by atoms with Gasteiger partial charge in [0.1, 0.15) is 0 Å². The van der Waals surface area contributed by atoms with Gasteiger partial charge < -0.3 is 5.73 Å². The monoisotopic (exact) mass is 342 g/mol. The van der Waals surface area contributed by atoms with E-state index in [0.717, 1.165) is 12.8 Å². The van der Waals surface area contributed by atoms with Crippen LogP contribution in [0.5, 0.6) is 0 Å². The van der Waals surface area contributed by atoms with Crippen LogP contribution in [0.2, 0.25) is 0 Å². The highest BCUT2D eigenvalue weighted by Gasteiger charge is 2.32. The summed E-state index contributed by atoms with van der Waals surface area (Å²) in [6.07, 6.45) is 7.40. The molecular weight excluding hydrogens is 328 g/mol. The van der Waals surface area contributed by atoms with Crippen LogP contribution in [0.3, 0.4) is 0 Å². The predicted molar refractivity (Wildman–Crippen MR) is 78.9 cm³/mol. The maximum atomic E-state index is 12.6. The first-order chi connectivity index (χ1) is 8.95. The fourth-order valence-corrected chi connectivity index (χ4v) is 4.18. The van der Waals surface area contributed by atoms with Crippen molar-refractivity contribution in [1.29, 1.82) is 0 Å². The first kappa shape index (κ1) is 14.4. The fourth-order valence-electron chi connectivity index (χ4n) is 1.79. The van der Waals surface area contributed by atoms with Gasteiger partial charge in [-0.1, -0.05) is 5.92 Å². The molecule has 0 bridgehead atoms. The second-order valence-electron chi connectivity index (χ2n) is 4.63. The molecule has 1 fully saturated rings. The van der Waals surface area contributed by atoms with Crippen LogP contribution in [-0.2, 0) is 10.0 Å². The van der Waals surface area contributed by atoms with E-state index < -0.39 is 10.0 Å². The van der Waals surface area contributed by atoms with Crippen LogP contribution in [0.15, 0.2) is 27.6 Å². The van der Waals surface area contributed by atoms with Gasteiger partial charge in [0.15, 0.2) is 0 Å². The molecule has 1 aliphatic rings. The predicted octanol–water partition coefficient (Wildman–Crippen LogP) is 2.07. The molecule has 0 heterocycles. The molecule has 1 saturated carbocycles. The summed E-state index contributed by atoms with van der Waals surface area (Å²) in [5.74, 6) is 2.84. The lowest BCUT2D eigenvalue weighted by Gasteiger charge is -2.20. The van der Waals surface area contributed by atoms with E-state index in [1.165, 1.54) is 10.4 Å². The summed E-state index contributed by atoms with van der Waals surface area (Å²) in [4.78, 5) is 0.170. The number of rotatable bonds is 5. The summed E-state index contributed by atoms with van der Waals surface area (Å²) < 4.78 is 27.1. The summed E-state index contributed by atoms with van der Waals surface area (Å²) in [5.41, 5.74) is 6.08. The number of sulfonamides is 1. The fraction of sp³-hybridized carbons (Fsp3) is 0.385. The van der Waals surface area contributed by atoms with Crippen molar-refractivity contribution in [3.63, 3.8) is 0 Å². The maximum Gasteiger partial charge on any atom is 0.245 e. The van der Waals surface area contributed by atoms with Crippen LogP contribution in [0.4, 0.5) is 5.69 Å². The number of hydrogen-bond donors (Lipinski definition) is 1. The highest BCUT2D eigenvalue weighted by Crippen LogP contribution is 2.33. The van der Waals surface area contributed by atoms with Gasteiger partial charge in [0.2, 0.25) is 10.0 Å². The Kier molecular flexibility index (Phi) is 4.19. The molecule has 1 aromatic carbocycles. The Morgan fingerprint density at radius 3 is 2.74 bits per heavy atom. The van der Waals surface area contributed by atoms with Crippen molar-refractivity contribution in [3.05, 3.63) is 22.7 Å². The number of anilines is 1. The van der Waals surface area contributed by atoms with Gasteiger partial charge in [0, 0.05) is 16.7 Å². The summed E-state index contributed by atoms with van der Waals surface area (Å²) in [7, 11) is -3.61. The lowest BCUT2D eigenvalue weighted by molar-refractivity contribution is 0.430. The molecule has 0 saturated heterocycles. The first-order valence-corrected chi connectivity index (χ1v) is 8.17. The van der Waals surface area contributed by atoms with Gasteiger partial charge in [0.05, 0.1) is 11.4 Å². The second kappa shape index (κ2) is 5.53. The maximum absolute atomic E-state index is 12.6. The summed E-state index contributed by atoms with van der Waals surface area (Å²) in [6, 6.07) is 4.73. The SMILES string of the molecule is C#CCN(CC1CC1)S(=O)(=O)c1cc(N)ccc1Br. The van der Waals surface area contributed by atoms with Crippen molar-refractivity contribution in [1.82, 2.24) is 4.31 Å². The number of benzene rings is 1. The lowest BCUT2D eigenvalue weighted by Crippen LogP contribution is -2.33. The normalized spacial score (nSPS) is 15.4. The van der Waals surface area contributed by atoms with Crippen molar-refractivity contribution in [2.45, 2.75) is 17.7 Å². The van der Waals surface area contributed by atoms with E-state index in [0.29, 0.717) is 22.6 Å². The van der Waals surface area contributed by atoms with Gasteiger partial charge in [-0.3, -0.25) is 0 Å². The van der Waals surface area contributed by atoms with Crippen LogP contribution in [0.1, 0.15) is 12.8 Å². The Hall–Kier alpha value is -1.03. The number of nitrogens with zero attached hydrogens (tertiary/aromatic N) is 1. The molecule has 4 nitrogen and oxygen atoms in total. The Balaban J connectivity index is 2.37. The number of nitrogen functional groups attached to an aromatic ring is 1. The van der Waals surface area contributed by atoms with Crippen LogP contribution >= 0.6 is 15.9 Å². The average Bonchev–Trinajstić information content (AvgIpc) is 3.15. The van der Waals surface area contributed by atoms with Gasteiger partial charge in [-0.25, -0.2) is 8.42 Å². The molecule has 0 radical (unpaired) electrons. The minimum Gasteiger partial charge on any atom is -0.399 e. The van der Waals surface area contributed by atoms with Crippen molar-refractivity contribution < 1.29 is 8.42 Å². The highest BCUT2D eigenvalue weighted by molar-refractivity contribution is 9.10. The number of hydrogen-bond acceptors (Lipinski definition) is 3. The zero-order chi connectivity index (χ0) is 14.0. The summed E-state index contributed by atoms with van der Waals surface area (Å²) in [6.45, 7) is 0.563. The average molecular weight is 343 g/mol. The molecular formula is C13H15BrN2O2S. The molecule has 2 rings (SSSR count). The van der Waals surface area contributed by atoms with Crippen molar-refractivity contribution in [2.24, 2.45) is 5.92 Å². The molecule has 1 aliphatic carbocycles. The molecule has 0 amide bonds. The molecule has 0 unspecified atom stereocenters. The Morgan fingerprint density at radius 2 is 2.16 bits per heavy atom. The second-order valence-corrected chi connectivity index (χ2v) is 7.40. The van der Waals surface area contributed by atoms with Gasteiger partial charge >= 0.3 is 0 Å². The number of terminal acetylenes is 1. The topological polar surface area (TPSA) is 63.4 Å². The van der Waals surface area contributed by atoms with Crippen molar-refractivity contribution in [3.8, 4) is 12.3 Å². The zero-order valence-corrected chi connectivity index (χ0v) is 12.7. The minimum absolute atomic E-state index is 0.0834. The highest BCUT2D eigenvalue weighted by atomic mass is 79.9. The van der Waals surface area contributed by atoms with E-state index in [1.807, 2.05) is 0 Å². The van der Waals surface area contributed by atoms with Crippen LogP contribution in [0.25, 0.3) is 0 Å². The van der Waals surface area contributed by atoms with Gasteiger partial charge in [0.25, 0.3) is 0 Å². The minimum atomic E-state index is -3.61. The van der Waals surface area contributed by atoms with Crippen LogP contribution in [0, 0.1) is 18.3 Å². The van der Waals surface area contributed by atoms with Gasteiger partial charge in [-0.15, -0.1) is 6.42 Å². The van der Waals surface area contributed by atoms with E-state index in [4.69, 9.17) is 12.2 Å². The molecule has 1 aromatic rings. The first-order valence-electron chi connectivity index (χ1n) is 5.94. The molecule has 0 atom stereocenters. The molecule has 102 valence electrons. The molecule has 0 aromatic heterocycles. The van der Waals surface area contributed by atoms with Crippen LogP contribution in [-0.4, -0.2) is 25.8 Å². The molecule has 0 spiro atoms. The van der Waals surface area contributed by atoms with E-state index >= 15 is 0 Å². The Bertz CT molecular complexity index is 618. The van der Waals surface area contributed by atoms with Crippen LogP contribution < -0.4 is 5.73 Å². The molecule has 19 heavy (non-hydrogen) atoms. The molecule has 2 N–H and O–H groups in total. The molecule has 6 heteroatoms. The lowest BCUT2D eigenvalue weighted by atomic mass is 10.3. The third-order valence-electron chi connectivity index (χ3n) is 3.00. The number of halogens is 1. The van der Waals surface area contributed by atoms with E-state index in [2.05, 4.69) is 21.9 Å². The number of nitrogens with two attached hydrogens (primary N) is 1. The van der Waals surface area contributed by atoms with Crippen molar-refractivity contribution >= 4 is 31.6 Å². The summed E-state index contributed by atoms with van der Waals surface area (Å²) >= 11 is 3.25. The largest absolute Gasteiger partial charge is 0.399 e. The van der Waals surface area contributed by atoms with E-state index in [1.54, 1.807) is 12.1 Å². The van der Waals surface area contributed by atoms with Gasteiger partial charge in [-0.2, -0.15) is 4.31 Å². The standard InChI is InChI=1S/C13H15BrN2O2S/c1-2-7-16(9-10-3-4-10)19(17,18)13-8-11(15)5-6-12(13)14/h1,5-6,8,10H,3-4,7,9,15H2. The van der Waals surface area contributed by atoms with E-state index in [-0.39, 0.29) is 11.4 Å². The zero-order valence-electron chi connectivity index (χ0n) is 10.3. The third kappa shape index (κ3) is 3.30. The van der Waals surface area contributed by atoms with Crippen molar-refractivity contribution in [2.75, 3.05) is 18.8 Å². The molecule has 0 aliphatic heterocycles.